The van der Waals surface area contributed by atoms with Crippen molar-refractivity contribution >= 4 is 17.8 Å². The quantitative estimate of drug-likeness (QED) is 0.603. The maximum Gasteiger partial charge on any atom is 0.312 e. The van der Waals surface area contributed by atoms with E-state index in [1.54, 1.807) is 11.8 Å². The van der Waals surface area contributed by atoms with Gasteiger partial charge in [-0.3, -0.25) is 14.4 Å². The Balaban J connectivity index is 1.62. The van der Waals surface area contributed by atoms with E-state index >= 15 is 0 Å². The van der Waals surface area contributed by atoms with E-state index in [4.69, 9.17) is 9.47 Å². The molecule has 0 unspecified atom stereocenters. The van der Waals surface area contributed by atoms with Crippen molar-refractivity contribution in [3.63, 3.8) is 0 Å². The standard InChI is InChI=1S/C21H32N2O6/c1-2-28-20(27)15-14-9-10-21(29-14)16(15)19(26)23(11-6-12-24)17(21)18(25)22-13-7-4-3-5-8-13/h13-17,24H,2-12H2,1H3,(H,22,25)/t14-,15+,16+,17-,21+/m0/s1. The SMILES string of the molecule is CCOC(=O)[C@@H]1[C@@H]2CC[C@]3(O2)[C@H](C(=O)NC2CCCCC2)N(CCCO)C(=O)[C@@H]13. The smallest absolute Gasteiger partial charge is 0.312 e. The fraction of sp³-hybridized carbons (Fsp3) is 0.857. The van der Waals surface area contributed by atoms with E-state index in [2.05, 4.69) is 5.32 Å². The number of carbonyl (C=O) groups is 3. The third-order valence-electron chi connectivity index (χ3n) is 7.12. The molecule has 1 spiro atoms. The van der Waals surface area contributed by atoms with Crippen molar-refractivity contribution in [3.8, 4) is 0 Å². The second-order valence-corrected chi connectivity index (χ2v) is 8.76. The van der Waals surface area contributed by atoms with Crippen LogP contribution in [-0.2, 0) is 23.9 Å². The lowest BCUT2D eigenvalue weighted by molar-refractivity contribution is -0.154. The molecule has 0 aromatic carbocycles. The van der Waals surface area contributed by atoms with Gasteiger partial charge in [0.15, 0.2) is 0 Å². The van der Waals surface area contributed by atoms with E-state index < -0.39 is 29.4 Å². The van der Waals surface area contributed by atoms with E-state index in [0.717, 1.165) is 25.7 Å². The van der Waals surface area contributed by atoms with Crippen LogP contribution >= 0.6 is 0 Å². The molecule has 5 atom stereocenters. The number of hydrogen-bond donors (Lipinski definition) is 2. The highest BCUT2D eigenvalue weighted by Crippen LogP contribution is 2.58. The fourth-order valence-corrected chi connectivity index (χ4v) is 5.97. The van der Waals surface area contributed by atoms with Crippen molar-refractivity contribution in [2.45, 2.75) is 82.1 Å². The largest absolute Gasteiger partial charge is 0.466 e. The van der Waals surface area contributed by atoms with Crippen molar-refractivity contribution < 1.29 is 29.0 Å². The van der Waals surface area contributed by atoms with Crippen LogP contribution in [0, 0.1) is 11.8 Å². The van der Waals surface area contributed by atoms with E-state index in [1.807, 2.05) is 0 Å². The summed E-state index contributed by atoms with van der Waals surface area (Å²) in [5, 5.41) is 12.5. The average molecular weight is 408 g/mol. The fourth-order valence-electron chi connectivity index (χ4n) is 5.97. The predicted octanol–water partition coefficient (Wildman–Crippen LogP) is 0.755. The summed E-state index contributed by atoms with van der Waals surface area (Å²) in [6.07, 6.45) is 6.54. The van der Waals surface area contributed by atoms with Crippen LogP contribution < -0.4 is 5.32 Å². The molecule has 0 radical (unpaired) electrons. The van der Waals surface area contributed by atoms with Crippen molar-refractivity contribution in [2.75, 3.05) is 19.8 Å². The molecule has 4 rings (SSSR count). The third-order valence-corrected chi connectivity index (χ3v) is 7.12. The molecule has 2 N–H and O–H groups in total. The summed E-state index contributed by atoms with van der Waals surface area (Å²) in [6, 6.07) is -0.626. The van der Waals surface area contributed by atoms with Crippen LogP contribution in [0.25, 0.3) is 0 Å². The highest BCUT2D eigenvalue weighted by atomic mass is 16.6. The molecule has 3 saturated heterocycles. The lowest BCUT2D eigenvalue weighted by Crippen LogP contribution is -2.57. The number of carbonyl (C=O) groups excluding carboxylic acids is 3. The predicted molar refractivity (Wildman–Crippen MR) is 103 cm³/mol. The van der Waals surface area contributed by atoms with Crippen molar-refractivity contribution in [2.24, 2.45) is 11.8 Å². The third kappa shape index (κ3) is 3.34. The van der Waals surface area contributed by atoms with Gasteiger partial charge >= 0.3 is 5.97 Å². The molecule has 3 heterocycles. The number of fused-ring (bicyclic) bond motifs is 1. The molecule has 2 bridgehead atoms. The Hall–Kier alpha value is -1.67. The summed E-state index contributed by atoms with van der Waals surface area (Å²) in [5.41, 5.74) is -0.965. The second-order valence-electron chi connectivity index (χ2n) is 8.76. The van der Waals surface area contributed by atoms with Crippen LogP contribution in [0.4, 0.5) is 0 Å². The first-order valence-electron chi connectivity index (χ1n) is 11.1. The van der Waals surface area contributed by atoms with Gasteiger partial charge in [0, 0.05) is 19.2 Å². The summed E-state index contributed by atoms with van der Waals surface area (Å²) >= 11 is 0. The van der Waals surface area contributed by atoms with Crippen LogP contribution in [0.3, 0.4) is 0 Å². The van der Waals surface area contributed by atoms with E-state index in [9.17, 15) is 19.5 Å². The lowest BCUT2D eigenvalue weighted by atomic mass is 9.70. The summed E-state index contributed by atoms with van der Waals surface area (Å²) < 4.78 is 11.5. The summed E-state index contributed by atoms with van der Waals surface area (Å²) in [6.45, 7) is 2.20. The van der Waals surface area contributed by atoms with Gasteiger partial charge in [0.2, 0.25) is 11.8 Å². The zero-order valence-corrected chi connectivity index (χ0v) is 17.1. The van der Waals surface area contributed by atoms with Gasteiger partial charge in [0.25, 0.3) is 0 Å². The molecule has 4 fully saturated rings. The number of likely N-dealkylation sites (tertiary alicyclic amines) is 1. The molecule has 1 saturated carbocycles. The van der Waals surface area contributed by atoms with Gasteiger partial charge in [-0.05, 0) is 39.0 Å². The minimum absolute atomic E-state index is 0.0663. The molecule has 162 valence electrons. The molecule has 8 heteroatoms. The number of hydrogen-bond acceptors (Lipinski definition) is 6. The molecular weight excluding hydrogens is 376 g/mol. The first-order valence-corrected chi connectivity index (χ1v) is 11.1. The highest BCUT2D eigenvalue weighted by Gasteiger charge is 2.74. The zero-order valence-electron chi connectivity index (χ0n) is 17.1. The van der Waals surface area contributed by atoms with Crippen molar-refractivity contribution in [1.82, 2.24) is 10.2 Å². The second kappa shape index (κ2) is 8.22. The zero-order chi connectivity index (χ0) is 20.6. The molecule has 0 aromatic rings. The molecule has 4 aliphatic rings. The monoisotopic (exact) mass is 408 g/mol. The molecular formula is C21H32N2O6. The number of amides is 2. The van der Waals surface area contributed by atoms with Crippen LogP contribution in [0.5, 0.6) is 0 Å². The van der Waals surface area contributed by atoms with Gasteiger partial charge in [-0.25, -0.2) is 0 Å². The minimum Gasteiger partial charge on any atom is -0.466 e. The minimum atomic E-state index is -0.965. The number of rotatable bonds is 7. The summed E-state index contributed by atoms with van der Waals surface area (Å²) in [5.74, 6) is -2.15. The molecule has 0 aromatic heterocycles. The van der Waals surface area contributed by atoms with E-state index in [0.29, 0.717) is 19.3 Å². The number of esters is 1. The normalized spacial score (nSPS) is 36.3. The van der Waals surface area contributed by atoms with E-state index in [1.165, 1.54) is 6.42 Å². The summed E-state index contributed by atoms with van der Waals surface area (Å²) in [7, 11) is 0. The Morgan fingerprint density at radius 1 is 1.28 bits per heavy atom. The molecule has 2 amide bonds. The average Bonchev–Trinajstić information content (AvgIpc) is 3.34. The maximum atomic E-state index is 13.4. The number of aliphatic hydroxyl groups is 1. The van der Waals surface area contributed by atoms with Gasteiger partial charge in [-0.15, -0.1) is 0 Å². The molecule has 8 nitrogen and oxygen atoms in total. The molecule has 1 aliphatic carbocycles. The van der Waals surface area contributed by atoms with Crippen molar-refractivity contribution in [3.05, 3.63) is 0 Å². The number of ether oxygens (including phenoxy) is 2. The Bertz CT molecular complexity index is 664. The Labute approximate surface area is 171 Å². The Kier molecular flexibility index (Phi) is 5.84. The van der Waals surface area contributed by atoms with Gasteiger partial charge in [0.1, 0.15) is 11.6 Å². The van der Waals surface area contributed by atoms with Crippen LogP contribution in [0.15, 0.2) is 0 Å². The van der Waals surface area contributed by atoms with Crippen molar-refractivity contribution in [1.29, 1.82) is 0 Å². The van der Waals surface area contributed by atoms with Crippen LogP contribution in [-0.4, -0.2) is 71.3 Å². The number of nitrogens with one attached hydrogen (secondary N) is 1. The van der Waals surface area contributed by atoms with Gasteiger partial charge < -0.3 is 24.8 Å². The maximum absolute atomic E-state index is 13.4. The summed E-state index contributed by atoms with van der Waals surface area (Å²) in [4.78, 5) is 40.9. The molecule has 29 heavy (non-hydrogen) atoms. The van der Waals surface area contributed by atoms with Gasteiger partial charge in [0.05, 0.1) is 24.5 Å². The van der Waals surface area contributed by atoms with E-state index in [-0.39, 0.29) is 43.7 Å². The molecule has 3 aliphatic heterocycles. The first-order chi connectivity index (χ1) is 14.0. The number of nitrogens with zero attached hydrogens (tertiary/aromatic N) is 1. The number of aliphatic hydroxyl groups excluding tert-OH is 1. The van der Waals surface area contributed by atoms with Crippen LogP contribution in [0.1, 0.15) is 58.3 Å². The van der Waals surface area contributed by atoms with Crippen LogP contribution in [0.2, 0.25) is 0 Å². The Morgan fingerprint density at radius 3 is 2.72 bits per heavy atom. The topological polar surface area (TPSA) is 105 Å². The Morgan fingerprint density at radius 2 is 2.03 bits per heavy atom. The van der Waals surface area contributed by atoms with Gasteiger partial charge in [-0.1, -0.05) is 19.3 Å². The lowest BCUT2D eigenvalue weighted by Gasteiger charge is -2.35. The van der Waals surface area contributed by atoms with Gasteiger partial charge in [-0.2, -0.15) is 0 Å². The highest BCUT2D eigenvalue weighted by molar-refractivity contribution is 5.98. The first kappa shape index (κ1) is 20.6.